The minimum absolute atomic E-state index is 0.293. The molecule has 0 aliphatic heterocycles. The number of nitrogens with one attached hydrogen (secondary N) is 1. The van der Waals surface area contributed by atoms with E-state index in [0.717, 1.165) is 31.4 Å². The summed E-state index contributed by atoms with van der Waals surface area (Å²) < 4.78 is 18.7. The first-order valence-corrected chi connectivity index (χ1v) is 7.12. The van der Waals surface area contributed by atoms with Gasteiger partial charge in [-0.15, -0.1) is 0 Å². The van der Waals surface area contributed by atoms with E-state index in [2.05, 4.69) is 11.4 Å². The van der Waals surface area contributed by atoms with Gasteiger partial charge in [0.05, 0.1) is 12.7 Å². The minimum Gasteiger partial charge on any atom is -0.493 e. The molecule has 1 N–H and O–H groups in total. The van der Waals surface area contributed by atoms with Gasteiger partial charge in [0, 0.05) is 6.07 Å². The van der Waals surface area contributed by atoms with Crippen molar-refractivity contribution in [3.63, 3.8) is 0 Å². The lowest BCUT2D eigenvalue weighted by molar-refractivity contribution is 0.275. The topological polar surface area (TPSA) is 45.0 Å². The van der Waals surface area contributed by atoms with Crippen molar-refractivity contribution in [2.75, 3.05) is 13.2 Å². The minimum atomic E-state index is -0.477. The van der Waals surface area contributed by atoms with Crippen LogP contribution in [0.25, 0.3) is 0 Å². The van der Waals surface area contributed by atoms with Crippen molar-refractivity contribution in [2.45, 2.75) is 45.6 Å². The summed E-state index contributed by atoms with van der Waals surface area (Å²) in [5.74, 6) is 0.283. The fourth-order valence-corrected chi connectivity index (χ4v) is 2.19. The molecule has 0 aliphatic carbocycles. The number of hydrogen-bond donors (Lipinski definition) is 1. The summed E-state index contributed by atoms with van der Waals surface area (Å²) in [7, 11) is 0. The van der Waals surface area contributed by atoms with E-state index in [1.807, 2.05) is 20.8 Å². The lowest BCUT2D eigenvalue weighted by atomic mass is 9.92. The standard InChI is InChI=1S/C16H23FN2O/c1-4-16(12-18,19-5-2)9-6-10-20-15-11-14(17)8-7-13(15)3/h7-8,11,19H,4-6,9-10H2,1-3H3. The van der Waals surface area contributed by atoms with E-state index >= 15 is 0 Å². The maximum absolute atomic E-state index is 13.1. The molecule has 0 fully saturated rings. The Bertz CT molecular complexity index is 470. The molecule has 20 heavy (non-hydrogen) atoms. The van der Waals surface area contributed by atoms with Gasteiger partial charge in [-0.2, -0.15) is 5.26 Å². The first-order chi connectivity index (χ1) is 9.56. The van der Waals surface area contributed by atoms with E-state index in [-0.39, 0.29) is 5.82 Å². The average molecular weight is 278 g/mol. The molecule has 0 saturated heterocycles. The van der Waals surface area contributed by atoms with Crippen LogP contribution in [0.2, 0.25) is 0 Å². The number of benzene rings is 1. The molecular formula is C16H23FN2O. The van der Waals surface area contributed by atoms with Crippen LogP contribution in [0.5, 0.6) is 5.75 Å². The lowest BCUT2D eigenvalue weighted by Crippen LogP contribution is -2.43. The predicted molar refractivity (Wildman–Crippen MR) is 78.2 cm³/mol. The monoisotopic (exact) mass is 278 g/mol. The van der Waals surface area contributed by atoms with Gasteiger partial charge in [0.15, 0.2) is 0 Å². The van der Waals surface area contributed by atoms with Crippen LogP contribution < -0.4 is 10.1 Å². The Morgan fingerprint density at radius 1 is 1.40 bits per heavy atom. The maximum atomic E-state index is 13.1. The van der Waals surface area contributed by atoms with Gasteiger partial charge in [0.1, 0.15) is 17.1 Å². The number of aryl methyl sites for hydroxylation is 1. The summed E-state index contributed by atoms with van der Waals surface area (Å²) in [6.45, 7) is 7.14. The molecule has 1 aromatic carbocycles. The molecule has 3 nitrogen and oxygen atoms in total. The maximum Gasteiger partial charge on any atom is 0.126 e. The Morgan fingerprint density at radius 3 is 2.75 bits per heavy atom. The van der Waals surface area contributed by atoms with Crippen molar-refractivity contribution in [3.05, 3.63) is 29.6 Å². The molecule has 0 heterocycles. The van der Waals surface area contributed by atoms with Crippen LogP contribution in [-0.2, 0) is 0 Å². The van der Waals surface area contributed by atoms with E-state index in [0.29, 0.717) is 12.4 Å². The van der Waals surface area contributed by atoms with Crippen molar-refractivity contribution >= 4 is 0 Å². The van der Waals surface area contributed by atoms with Crippen LogP contribution in [0.1, 0.15) is 38.7 Å². The average Bonchev–Trinajstić information content (AvgIpc) is 2.46. The Labute approximate surface area is 120 Å². The molecule has 1 atom stereocenters. The van der Waals surface area contributed by atoms with Crippen LogP contribution in [0, 0.1) is 24.1 Å². The highest BCUT2D eigenvalue weighted by Crippen LogP contribution is 2.20. The Balaban J connectivity index is 2.48. The van der Waals surface area contributed by atoms with Crippen LogP contribution in [-0.4, -0.2) is 18.7 Å². The van der Waals surface area contributed by atoms with Gasteiger partial charge in [-0.25, -0.2) is 4.39 Å². The Kier molecular flexibility index (Phi) is 6.47. The third-order valence-electron chi connectivity index (χ3n) is 3.49. The molecule has 110 valence electrons. The van der Waals surface area contributed by atoms with E-state index in [1.54, 1.807) is 6.07 Å². The Morgan fingerprint density at radius 2 is 2.15 bits per heavy atom. The van der Waals surface area contributed by atoms with Gasteiger partial charge < -0.3 is 4.74 Å². The molecule has 1 rings (SSSR count). The van der Waals surface area contributed by atoms with Crippen molar-refractivity contribution in [1.82, 2.24) is 5.32 Å². The van der Waals surface area contributed by atoms with Crippen molar-refractivity contribution in [2.24, 2.45) is 0 Å². The first kappa shape index (κ1) is 16.5. The van der Waals surface area contributed by atoms with E-state index in [1.165, 1.54) is 12.1 Å². The summed E-state index contributed by atoms with van der Waals surface area (Å²) in [5.41, 5.74) is 0.440. The van der Waals surface area contributed by atoms with Crippen LogP contribution >= 0.6 is 0 Å². The van der Waals surface area contributed by atoms with Gasteiger partial charge in [-0.05, 0) is 44.4 Å². The van der Waals surface area contributed by atoms with E-state index in [9.17, 15) is 9.65 Å². The highest BCUT2D eigenvalue weighted by molar-refractivity contribution is 5.32. The van der Waals surface area contributed by atoms with Crippen molar-refractivity contribution < 1.29 is 9.13 Å². The zero-order chi connectivity index (χ0) is 15.0. The second-order valence-corrected chi connectivity index (χ2v) is 4.94. The number of halogens is 1. The zero-order valence-electron chi connectivity index (χ0n) is 12.5. The molecule has 0 aromatic heterocycles. The third-order valence-corrected chi connectivity index (χ3v) is 3.49. The van der Waals surface area contributed by atoms with Gasteiger partial charge in [-0.1, -0.05) is 19.9 Å². The molecule has 0 amide bonds. The fourth-order valence-electron chi connectivity index (χ4n) is 2.19. The quantitative estimate of drug-likeness (QED) is 0.739. The molecule has 0 bridgehead atoms. The largest absolute Gasteiger partial charge is 0.493 e. The van der Waals surface area contributed by atoms with Crippen molar-refractivity contribution in [1.29, 1.82) is 5.26 Å². The second kappa shape index (κ2) is 7.86. The summed E-state index contributed by atoms with van der Waals surface area (Å²) in [5, 5.41) is 12.5. The molecule has 0 radical (unpaired) electrons. The van der Waals surface area contributed by atoms with Gasteiger partial charge in [0.25, 0.3) is 0 Å². The van der Waals surface area contributed by atoms with Gasteiger partial charge in [0.2, 0.25) is 0 Å². The SMILES string of the molecule is CCNC(C#N)(CC)CCCOc1cc(F)ccc1C. The molecular weight excluding hydrogens is 255 g/mol. The number of nitrogens with zero attached hydrogens (tertiary/aromatic N) is 1. The summed E-state index contributed by atoms with van der Waals surface area (Å²) in [4.78, 5) is 0. The number of ether oxygens (including phenoxy) is 1. The predicted octanol–water partition coefficient (Wildman–Crippen LogP) is 3.58. The van der Waals surface area contributed by atoms with Crippen LogP contribution in [0.3, 0.4) is 0 Å². The van der Waals surface area contributed by atoms with Crippen molar-refractivity contribution in [3.8, 4) is 11.8 Å². The first-order valence-electron chi connectivity index (χ1n) is 7.12. The second-order valence-electron chi connectivity index (χ2n) is 4.94. The normalized spacial score (nSPS) is 13.6. The number of hydrogen-bond acceptors (Lipinski definition) is 3. The molecule has 1 aromatic rings. The number of rotatable bonds is 8. The van der Waals surface area contributed by atoms with Crippen LogP contribution in [0.4, 0.5) is 4.39 Å². The zero-order valence-corrected chi connectivity index (χ0v) is 12.5. The Hall–Kier alpha value is -1.60. The lowest BCUT2D eigenvalue weighted by Gasteiger charge is -2.26. The highest BCUT2D eigenvalue weighted by Gasteiger charge is 2.25. The van der Waals surface area contributed by atoms with Crippen LogP contribution in [0.15, 0.2) is 18.2 Å². The number of nitriles is 1. The highest BCUT2D eigenvalue weighted by atomic mass is 19.1. The van der Waals surface area contributed by atoms with Gasteiger partial charge in [-0.3, -0.25) is 5.32 Å². The smallest absolute Gasteiger partial charge is 0.126 e. The van der Waals surface area contributed by atoms with E-state index in [4.69, 9.17) is 4.74 Å². The van der Waals surface area contributed by atoms with Gasteiger partial charge >= 0.3 is 0 Å². The molecule has 0 saturated carbocycles. The third kappa shape index (κ3) is 4.50. The summed E-state index contributed by atoms with van der Waals surface area (Å²) >= 11 is 0. The molecule has 0 aliphatic rings. The fraction of sp³-hybridized carbons (Fsp3) is 0.562. The molecule has 4 heteroatoms. The van der Waals surface area contributed by atoms with E-state index < -0.39 is 5.54 Å². The molecule has 0 spiro atoms. The summed E-state index contributed by atoms with van der Waals surface area (Å²) in [6.07, 6.45) is 2.24. The molecule has 1 unspecified atom stereocenters. The summed E-state index contributed by atoms with van der Waals surface area (Å²) in [6, 6.07) is 6.88.